The van der Waals surface area contributed by atoms with Crippen LogP contribution in [0, 0.1) is 5.92 Å². The van der Waals surface area contributed by atoms with E-state index in [4.69, 9.17) is 16.3 Å². The molecule has 0 saturated carbocycles. The van der Waals surface area contributed by atoms with E-state index in [9.17, 15) is 15.0 Å². The molecule has 1 heterocycles. The molecule has 30 heavy (non-hydrogen) atoms. The second-order valence-corrected chi connectivity index (χ2v) is 9.96. The molecule has 2 N–H and O–H groups in total. The number of fused-ring (bicyclic) bond motifs is 1. The van der Waals surface area contributed by atoms with E-state index in [0.29, 0.717) is 22.9 Å². The average molecular weight is 444 g/mol. The Morgan fingerprint density at radius 1 is 1.20 bits per heavy atom. The highest BCUT2D eigenvalue weighted by atomic mass is 35.5. The number of allylic oxidation sites excluding steroid dienone is 1. The minimum absolute atomic E-state index is 0.000795. The summed E-state index contributed by atoms with van der Waals surface area (Å²) in [5, 5.41) is 22.0. The fourth-order valence-electron chi connectivity index (χ4n) is 5.59. The predicted molar refractivity (Wildman–Crippen MR) is 116 cm³/mol. The van der Waals surface area contributed by atoms with E-state index in [1.807, 2.05) is 36.4 Å². The van der Waals surface area contributed by atoms with Crippen LogP contribution in [-0.4, -0.2) is 47.6 Å². The van der Waals surface area contributed by atoms with Gasteiger partial charge in [-0.05, 0) is 49.0 Å². The fourth-order valence-corrected chi connectivity index (χ4v) is 7.14. The largest absolute Gasteiger partial charge is 0.504 e. The number of phenolic OH excluding ortho intramolecular Hbond substituents is 2. The number of hydrogen-bond acceptors (Lipinski definition) is 6. The van der Waals surface area contributed by atoms with Gasteiger partial charge in [0.25, 0.3) is 0 Å². The number of nitrogens with zero attached hydrogens (tertiary/aromatic N) is 1. The third-order valence-corrected chi connectivity index (χ3v) is 8.31. The maximum atomic E-state index is 12.8. The van der Waals surface area contributed by atoms with Crippen LogP contribution >= 0.6 is 23.4 Å². The zero-order valence-electron chi connectivity index (χ0n) is 16.6. The average Bonchev–Trinajstić information content (AvgIpc) is 2.94. The molecule has 4 atom stereocenters. The number of halogens is 1. The number of rotatable bonds is 3. The lowest BCUT2D eigenvalue weighted by molar-refractivity contribution is -0.120. The predicted octanol–water partition coefficient (Wildman–Crippen LogP) is 4.27. The van der Waals surface area contributed by atoms with Crippen molar-refractivity contribution < 1.29 is 19.7 Å². The molecule has 0 spiro atoms. The Balaban J connectivity index is 1.72. The van der Waals surface area contributed by atoms with E-state index in [2.05, 4.69) is 11.9 Å². The molecule has 2 aliphatic carbocycles. The lowest BCUT2D eigenvalue weighted by Crippen LogP contribution is -2.46. The Kier molecular flexibility index (Phi) is 4.58. The summed E-state index contributed by atoms with van der Waals surface area (Å²) in [6.45, 7) is 0.628. The van der Waals surface area contributed by atoms with Crippen molar-refractivity contribution in [2.75, 3.05) is 20.7 Å². The lowest BCUT2D eigenvalue weighted by Gasteiger charge is -2.46. The molecular formula is C23H22ClNO4S. The number of carbonyl (C=O) groups excluding carboxylic acids is 1. The number of carbonyl (C=O) groups is 1. The summed E-state index contributed by atoms with van der Waals surface area (Å²) < 4.78 is 5.38. The van der Waals surface area contributed by atoms with Gasteiger partial charge in [-0.1, -0.05) is 17.7 Å². The van der Waals surface area contributed by atoms with Gasteiger partial charge in [-0.2, -0.15) is 0 Å². The van der Waals surface area contributed by atoms with Crippen LogP contribution in [0.3, 0.4) is 0 Å². The zero-order chi connectivity index (χ0) is 21.2. The van der Waals surface area contributed by atoms with Gasteiger partial charge in [0, 0.05) is 45.8 Å². The summed E-state index contributed by atoms with van der Waals surface area (Å²) in [5.41, 5.74) is 1.09. The van der Waals surface area contributed by atoms with Crippen LogP contribution in [-0.2, 0) is 14.9 Å². The monoisotopic (exact) mass is 443 g/mol. The van der Waals surface area contributed by atoms with E-state index in [0.717, 1.165) is 10.5 Å². The van der Waals surface area contributed by atoms with Gasteiger partial charge in [-0.15, -0.1) is 11.8 Å². The molecule has 0 radical (unpaired) electrons. The van der Waals surface area contributed by atoms with Gasteiger partial charge in [0.05, 0.1) is 12.4 Å². The number of benzene rings is 2. The Labute approximate surface area is 184 Å². The van der Waals surface area contributed by atoms with Gasteiger partial charge in [0.15, 0.2) is 23.0 Å². The molecule has 2 aromatic rings. The minimum atomic E-state index is -0.576. The second-order valence-electron chi connectivity index (χ2n) is 8.31. The minimum Gasteiger partial charge on any atom is -0.504 e. The van der Waals surface area contributed by atoms with E-state index >= 15 is 0 Å². The normalized spacial score (nSPS) is 29.9. The summed E-state index contributed by atoms with van der Waals surface area (Å²) in [4.78, 5) is 16.1. The van der Waals surface area contributed by atoms with Gasteiger partial charge >= 0.3 is 0 Å². The highest BCUT2D eigenvalue weighted by Crippen LogP contribution is 2.63. The molecular weight excluding hydrogens is 422 g/mol. The molecule has 156 valence electrons. The Morgan fingerprint density at radius 2 is 1.93 bits per heavy atom. The highest BCUT2D eigenvalue weighted by Gasteiger charge is 2.62. The molecule has 5 rings (SSSR count). The summed E-state index contributed by atoms with van der Waals surface area (Å²) in [7, 11) is 3.58. The Bertz CT molecular complexity index is 1070. The van der Waals surface area contributed by atoms with Gasteiger partial charge in [-0.3, -0.25) is 4.79 Å². The number of hydrogen-bond donors (Lipinski definition) is 2. The van der Waals surface area contributed by atoms with Crippen LogP contribution < -0.4 is 0 Å². The van der Waals surface area contributed by atoms with Gasteiger partial charge < -0.3 is 19.8 Å². The molecule has 1 saturated heterocycles. The lowest BCUT2D eigenvalue weighted by atomic mass is 9.59. The first kappa shape index (κ1) is 19.8. The third-order valence-electron chi connectivity index (χ3n) is 6.73. The fraction of sp³-hybridized carbons (Fsp3) is 0.348. The van der Waals surface area contributed by atoms with Crippen LogP contribution in [0.1, 0.15) is 22.8 Å². The van der Waals surface area contributed by atoms with Crippen molar-refractivity contribution in [2.45, 2.75) is 28.0 Å². The third kappa shape index (κ3) is 2.70. The number of methoxy groups -OCH3 is 1. The number of ketones is 1. The first-order valence-electron chi connectivity index (χ1n) is 9.82. The number of aromatic hydroxyl groups is 2. The van der Waals surface area contributed by atoms with E-state index in [-0.39, 0.29) is 40.9 Å². The quantitative estimate of drug-likeness (QED) is 0.690. The standard InChI is InChI=1S/C23H22ClNO4S/c1-25-11-23-10-17(27)18(29-2)9-15(23)20(25)22(30-13-5-3-12(24)4-6-13)14-7-8-16(26)21(28)19(14)23/h3-9,15,20,22,26,28H,10-11H2,1-2H3/t15-,20-,22-,23+/m1/s1. The summed E-state index contributed by atoms with van der Waals surface area (Å²) in [6.07, 6.45) is 2.18. The summed E-state index contributed by atoms with van der Waals surface area (Å²) in [5.74, 6) is 0.0313. The van der Waals surface area contributed by atoms with E-state index < -0.39 is 5.41 Å². The number of thioether (sulfide) groups is 1. The smallest absolute Gasteiger partial charge is 0.197 e. The number of Topliss-reactive ketones (excluding diaryl/α,β-unsaturated/α-hetero) is 1. The molecule has 1 fully saturated rings. The van der Waals surface area contributed by atoms with Gasteiger partial charge in [0.2, 0.25) is 0 Å². The second kappa shape index (κ2) is 6.94. The number of likely N-dealkylation sites (tertiary alicyclic amines) is 1. The molecule has 1 aliphatic heterocycles. The van der Waals surface area contributed by atoms with Crippen LogP contribution in [0.4, 0.5) is 0 Å². The number of ether oxygens (including phenoxy) is 1. The summed E-state index contributed by atoms with van der Waals surface area (Å²) in [6, 6.07) is 11.3. The molecule has 5 nitrogen and oxygen atoms in total. The Morgan fingerprint density at radius 3 is 2.63 bits per heavy atom. The van der Waals surface area contributed by atoms with Crippen LogP contribution in [0.25, 0.3) is 0 Å². The molecule has 3 aliphatic rings. The Hall–Kier alpha value is -2.15. The zero-order valence-corrected chi connectivity index (χ0v) is 18.2. The van der Waals surface area contributed by atoms with Crippen molar-refractivity contribution in [2.24, 2.45) is 5.92 Å². The topological polar surface area (TPSA) is 70.0 Å². The van der Waals surface area contributed by atoms with E-state index in [1.165, 1.54) is 7.11 Å². The first-order valence-corrected chi connectivity index (χ1v) is 11.1. The molecule has 2 bridgehead atoms. The van der Waals surface area contributed by atoms with Crippen LogP contribution in [0.15, 0.2) is 53.1 Å². The maximum absolute atomic E-state index is 12.8. The molecule has 0 unspecified atom stereocenters. The number of likely N-dealkylation sites (N-methyl/N-ethyl adjacent to an activating group) is 1. The van der Waals surface area contributed by atoms with Crippen LogP contribution in [0.5, 0.6) is 11.5 Å². The highest BCUT2D eigenvalue weighted by molar-refractivity contribution is 7.99. The van der Waals surface area contributed by atoms with Crippen molar-refractivity contribution in [3.63, 3.8) is 0 Å². The van der Waals surface area contributed by atoms with Crippen molar-refractivity contribution in [1.82, 2.24) is 4.90 Å². The summed E-state index contributed by atoms with van der Waals surface area (Å²) >= 11 is 7.77. The molecule has 0 aromatic heterocycles. The van der Waals surface area contributed by atoms with Crippen molar-refractivity contribution in [3.05, 3.63) is 64.4 Å². The van der Waals surface area contributed by atoms with E-state index in [1.54, 1.807) is 17.8 Å². The molecule has 0 amide bonds. The van der Waals surface area contributed by atoms with Crippen LogP contribution in [0.2, 0.25) is 5.02 Å². The first-order chi connectivity index (χ1) is 14.4. The number of phenols is 2. The van der Waals surface area contributed by atoms with Crippen molar-refractivity contribution in [1.29, 1.82) is 0 Å². The SMILES string of the molecule is COC1=C[C@@H]2[C@@H]3[C@H](Sc4ccc(Cl)cc4)c4ccc(O)c(O)c4[C@@]2(CC1=O)CN3C. The maximum Gasteiger partial charge on any atom is 0.197 e. The van der Waals surface area contributed by atoms with Gasteiger partial charge in [0.1, 0.15) is 0 Å². The van der Waals surface area contributed by atoms with Crippen molar-refractivity contribution >= 4 is 29.1 Å². The van der Waals surface area contributed by atoms with Gasteiger partial charge in [-0.25, -0.2) is 0 Å². The molecule has 7 heteroatoms. The molecule has 2 aromatic carbocycles. The van der Waals surface area contributed by atoms with Crippen molar-refractivity contribution in [3.8, 4) is 11.5 Å².